The third kappa shape index (κ3) is 3.69. The van der Waals surface area contributed by atoms with Gasteiger partial charge in [0.25, 0.3) is 5.91 Å². The fourth-order valence-electron chi connectivity index (χ4n) is 3.29. The van der Waals surface area contributed by atoms with E-state index in [1.165, 1.54) is 10.3 Å². The summed E-state index contributed by atoms with van der Waals surface area (Å²) in [6, 6.07) is 24.2. The quantitative estimate of drug-likeness (QED) is 0.434. The minimum absolute atomic E-state index is 0.201. The summed E-state index contributed by atoms with van der Waals surface area (Å²) in [6.45, 7) is 5.07. The average molecular weight is 387 g/mol. The first-order valence-corrected chi connectivity index (χ1v) is 10.3. The van der Waals surface area contributed by atoms with Crippen LogP contribution in [0.2, 0.25) is 0 Å². The molecule has 0 saturated heterocycles. The van der Waals surface area contributed by atoms with Gasteiger partial charge in [0.1, 0.15) is 0 Å². The minimum Gasteiger partial charge on any atom is -0.316 e. The molecular weight excluding hydrogens is 364 g/mol. The topological polar surface area (TPSA) is 34.4 Å². The molecule has 4 aromatic rings. The number of hydrogen-bond acceptors (Lipinski definition) is 2. The molecule has 28 heavy (non-hydrogen) atoms. The molecule has 0 aliphatic carbocycles. The Morgan fingerprint density at radius 3 is 2.39 bits per heavy atom. The Morgan fingerprint density at radius 2 is 1.68 bits per heavy atom. The number of benzene rings is 3. The predicted octanol–water partition coefficient (Wildman–Crippen LogP) is 5.83. The number of aromatic nitrogens is 1. The van der Waals surface area contributed by atoms with Gasteiger partial charge in [-0.1, -0.05) is 66.8 Å². The molecule has 1 amide bonds. The van der Waals surface area contributed by atoms with Crippen molar-refractivity contribution in [2.75, 3.05) is 0 Å². The number of carbonyl (C=O) groups is 1. The van der Waals surface area contributed by atoms with Crippen molar-refractivity contribution in [1.82, 2.24) is 4.57 Å². The van der Waals surface area contributed by atoms with E-state index in [9.17, 15) is 4.79 Å². The van der Waals surface area contributed by atoms with Crippen molar-refractivity contribution in [3.8, 4) is 11.1 Å². The number of thiazole rings is 1. The van der Waals surface area contributed by atoms with Crippen LogP contribution in [0, 0.1) is 6.92 Å². The zero-order chi connectivity index (χ0) is 19.5. The van der Waals surface area contributed by atoms with Crippen molar-refractivity contribution in [3.05, 3.63) is 88.7 Å². The summed E-state index contributed by atoms with van der Waals surface area (Å²) in [5.41, 5.74) is 5.20. The highest BCUT2D eigenvalue weighted by Crippen LogP contribution is 2.21. The van der Waals surface area contributed by atoms with Gasteiger partial charge in [0.05, 0.1) is 10.2 Å². The number of nitrogens with zero attached hydrogens (tertiary/aromatic N) is 2. The first-order chi connectivity index (χ1) is 13.7. The Labute approximate surface area is 168 Å². The molecule has 0 unspecified atom stereocenters. The molecule has 0 spiro atoms. The van der Waals surface area contributed by atoms with Crippen LogP contribution in [0.5, 0.6) is 0 Å². The highest BCUT2D eigenvalue weighted by Gasteiger charge is 2.09. The molecular formula is C24H22N2OS. The Kier molecular flexibility index (Phi) is 5.22. The maximum atomic E-state index is 12.8. The summed E-state index contributed by atoms with van der Waals surface area (Å²) in [5, 5.41) is 0. The van der Waals surface area contributed by atoms with Crippen LogP contribution in [0.15, 0.2) is 77.8 Å². The van der Waals surface area contributed by atoms with Gasteiger partial charge in [-0.3, -0.25) is 4.79 Å². The van der Waals surface area contributed by atoms with Crippen molar-refractivity contribution in [1.29, 1.82) is 0 Å². The molecule has 0 saturated carbocycles. The van der Waals surface area contributed by atoms with E-state index in [1.807, 2.05) is 42.5 Å². The minimum atomic E-state index is -0.201. The summed E-state index contributed by atoms with van der Waals surface area (Å²) in [6.07, 6.45) is 0.993. The van der Waals surface area contributed by atoms with Gasteiger partial charge in [-0.2, -0.15) is 4.99 Å². The van der Waals surface area contributed by atoms with Gasteiger partial charge in [-0.15, -0.1) is 0 Å². The second-order valence-corrected chi connectivity index (χ2v) is 7.88. The van der Waals surface area contributed by atoms with Gasteiger partial charge in [0.15, 0.2) is 4.80 Å². The molecule has 3 aromatic carbocycles. The molecule has 0 radical (unpaired) electrons. The third-order valence-electron chi connectivity index (χ3n) is 4.72. The van der Waals surface area contributed by atoms with E-state index in [2.05, 4.69) is 53.7 Å². The number of amides is 1. The molecule has 0 N–H and O–H groups in total. The summed E-state index contributed by atoms with van der Waals surface area (Å²) in [5.74, 6) is -0.201. The lowest BCUT2D eigenvalue weighted by Gasteiger charge is -2.03. The van der Waals surface area contributed by atoms with Crippen LogP contribution in [0.25, 0.3) is 21.3 Å². The van der Waals surface area contributed by atoms with Gasteiger partial charge in [-0.05, 0) is 54.3 Å². The van der Waals surface area contributed by atoms with Crippen molar-refractivity contribution < 1.29 is 4.79 Å². The summed E-state index contributed by atoms with van der Waals surface area (Å²) in [4.78, 5) is 18.0. The van der Waals surface area contributed by atoms with Gasteiger partial charge < -0.3 is 4.57 Å². The number of rotatable bonds is 4. The van der Waals surface area contributed by atoms with Crippen LogP contribution in [0.3, 0.4) is 0 Å². The number of carbonyl (C=O) groups excluding carboxylic acids is 1. The van der Waals surface area contributed by atoms with Crippen LogP contribution >= 0.6 is 11.3 Å². The van der Waals surface area contributed by atoms with Gasteiger partial charge in [0, 0.05) is 12.1 Å². The van der Waals surface area contributed by atoms with E-state index < -0.39 is 0 Å². The molecule has 140 valence electrons. The molecule has 1 aromatic heterocycles. The summed E-state index contributed by atoms with van der Waals surface area (Å²) >= 11 is 1.58. The molecule has 4 heteroatoms. The van der Waals surface area contributed by atoms with E-state index in [0.29, 0.717) is 5.56 Å². The first-order valence-electron chi connectivity index (χ1n) is 9.50. The second kappa shape index (κ2) is 7.95. The standard InChI is InChI=1S/C24H22N2OS/c1-3-15-26-21-14-9-17(2)16-22(21)28-24(26)25-23(27)20-12-10-19(11-13-20)18-7-5-4-6-8-18/h4-14,16H,3,15H2,1-2H3. The van der Waals surface area contributed by atoms with Crippen LogP contribution < -0.4 is 4.80 Å². The van der Waals surface area contributed by atoms with Crippen molar-refractivity contribution in [2.45, 2.75) is 26.8 Å². The second-order valence-electron chi connectivity index (χ2n) is 6.87. The fraction of sp³-hybridized carbons (Fsp3) is 0.167. The Hall–Kier alpha value is -2.98. The summed E-state index contributed by atoms with van der Waals surface area (Å²) in [7, 11) is 0. The van der Waals surface area contributed by atoms with E-state index in [-0.39, 0.29) is 5.91 Å². The predicted molar refractivity (Wildman–Crippen MR) is 117 cm³/mol. The molecule has 0 aliphatic rings. The van der Waals surface area contributed by atoms with Gasteiger partial charge in [-0.25, -0.2) is 0 Å². The van der Waals surface area contributed by atoms with Crippen LogP contribution in [-0.2, 0) is 6.54 Å². The maximum absolute atomic E-state index is 12.8. The van der Waals surface area contributed by atoms with E-state index in [0.717, 1.165) is 34.4 Å². The molecule has 0 atom stereocenters. The van der Waals surface area contributed by atoms with Crippen molar-refractivity contribution in [3.63, 3.8) is 0 Å². The highest BCUT2D eigenvalue weighted by molar-refractivity contribution is 7.16. The lowest BCUT2D eigenvalue weighted by molar-refractivity contribution is 0.0998. The van der Waals surface area contributed by atoms with Crippen LogP contribution in [0.1, 0.15) is 29.3 Å². The zero-order valence-corrected chi connectivity index (χ0v) is 16.9. The Bertz CT molecular complexity index is 1180. The lowest BCUT2D eigenvalue weighted by atomic mass is 10.0. The number of aryl methyl sites for hydroxylation is 2. The maximum Gasteiger partial charge on any atom is 0.279 e. The highest BCUT2D eigenvalue weighted by atomic mass is 32.1. The Balaban J connectivity index is 1.70. The van der Waals surface area contributed by atoms with E-state index in [1.54, 1.807) is 11.3 Å². The van der Waals surface area contributed by atoms with E-state index >= 15 is 0 Å². The van der Waals surface area contributed by atoms with E-state index in [4.69, 9.17) is 0 Å². The van der Waals surface area contributed by atoms with Gasteiger partial charge >= 0.3 is 0 Å². The third-order valence-corrected chi connectivity index (χ3v) is 5.76. The monoisotopic (exact) mass is 386 g/mol. The molecule has 3 nitrogen and oxygen atoms in total. The van der Waals surface area contributed by atoms with Crippen LogP contribution in [0.4, 0.5) is 0 Å². The molecule has 0 fully saturated rings. The molecule has 1 heterocycles. The molecule has 0 aliphatic heterocycles. The Morgan fingerprint density at radius 1 is 0.964 bits per heavy atom. The number of fused-ring (bicyclic) bond motifs is 1. The smallest absolute Gasteiger partial charge is 0.279 e. The molecule has 0 bridgehead atoms. The van der Waals surface area contributed by atoms with Crippen LogP contribution in [-0.4, -0.2) is 10.5 Å². The normalized spacial score (nSPS) is 11.9. The SMILES string of the molecule is CCCn1c(=NC(=O)c2ccc(-c3ccccc3)cc2)sc2cc(C)ccc21. The zero-order valence-electron chi connectivity index (χ0n) is 16.1. The largest absolute Gasteiger partial charge is 0.316 e. The lowest BCUT2D eigenvalue weighted by Crippen LogP contribution is -2.16. The first kappa shape index (κ1) is 18.4. The number of hydrogen-bond donors (Lipinski definition) is 0. The van der Waals surface area contributed by atoms with Crippen molar-refractivity contribution >= 4 is 27.5 Å². The summed E-state index contributed by atoms with van der Waals surface area (Å²) < 4.78 is 3.31. The van der Waals surface area contributed by atoms with Gasteiger partial charge in [0.2, 0.25) is 0 Å². The fourth-order valence-corrected chi connectivity index (χ4v) is 4.45. The average Bonchev–Trinajstić information content (AvgIpc) is 3.05. The van der Waals surface area contributed by atoms with Crippen molar-refractivity contribution in [2.24, 2.45) is 4.99 Å². The molecule has 4 rings (SSSR count).